The van der Waals surface area contributed by atoms with E-state index in [4.69, 9.17) is 0 Å². The van der Waals surface area contributed by atoms with Crippen molar-refractivity contribution >= 4 is 27.6 Å². The fourth-order valence-corrected chi connectivity index (χ4v) is 3.06. The number of carbonyl (C=O) groups excluding carboxylic acids is 1. The maximum Gasteiger partial charge on any atom is 0.364 e. The fourth-order valence-electron chi connectivity index (χ4n) is 2.80. The summed E-state index contributed by atoms with van der Waals surface area (Å²) < 4.78 is 3.69. The number of rotatable bonds is 3. The maximum absolute atomic E-state index is 12.8. The summed E-state index contributed by atoms with van der Waals surface area (Å²) in [6.07, 6.45) is 0. The largest absolute Gasteiger partial charge is 0.364 e. The second-order valence-electron chi connectivity index (χ2n) is 5.51. The predicted molar refractivity (Wildman–Crippen MR) is 93.2 cm³/mol. The van der Waals surface area contributed by atoms with Crippen LogP contribution in [0.25, 0.3) is 0 Å². The van der Waals surface area contributed by atoms with Crippen molar-refractivity contribution in [3.8, 4) is 0 Å². The van der Waals surface area contributed by atoms with Gasteiger partial charge >= 0.3 is 11.7 Å². The van der Waals surface area contributed by atoms with Crippen molar-refractivity contribution in [2.45, 2.75) is 13.1 Å². The van der Waals surface area contributed by atoms with E-state index in [-0.39, 0.29) is 12.6 Å². The van der Waals surface area contributed by atoms with Crippen LogP contribution in [0.5, 0.6) is 0 Å². The highest BCUT2D eigenvalue weighted by atomic mass is 79.9. The molecule has 0 spiro atoms. The normalized spacial score (nSPS) is 13.4. The first-order valence-corrected chi connectivity index (χ1v) is 8.23. The summed E-state index contributed by atoms with van der Waals surface area (Å²) in [6.45, 7) is 0.601. The van der Waals surface area contributed by atoms with Crippen molar-refractivity contribution in [1.29, 1.82) is 0 Å². The van der Waals surface area contributed by atoms with Crippen LogP contribution in [0.15, 0.2) is 63.9 Å². The highest BCUT2D eigenvalue weighted by molar-refractivity contribution is 9.10. The van der Waals surface area contributed by atoms with E-state index in [2.05, 4.69) is 20.9 Å². The minimum atomic E-state index is -0.405. The predicted octanol–water partition coefficient (Wildman–Crippen LogP) is 2.84. The number of aromatic nitrogens is 3. The smallest absolute Gasteiger partial charge is 0.285 e. The Morgan fingerprint density at radius 3 is 2.42 bits per heavy atom. The van der Waals surface area contributed by atoms with E-state index in [1.807, 2.05) is 54.6 Å². The topological polar surface area (TPSA) is 60.1 Å². The summed E-state index contributed by atoms with van der Waals surface area (Å²) in [6, 6.07) is 16.7. The lowest BCUT2D eigenvalue weighted by molar-refractivity contribution is 0.244. The average molecular weight is 385 g/mol. The molecule has 120 valence electrons. The van der Waals surface area contributed by atoms with Gasteiger partial charge in [0.1, 0.15) is 0 Å². The summed E-state index contributed by atoms with van der Waals surface area (Å²) in [7, 11) is 0. The minimum absolute atomic E-state index is 0.266. The van der Waals surface area contributed by atoms with E-state index in [1.54, 1.807) is 4.90 Å². The summed E-state index contributed by atoms with van der Waals surface area (Å²) >= 11 is 3.38. The second kappa shape index (κ2) is 5.76. The molecule has 0 N–H and O–H groups in total. The number of fused-ring (bicyclic) bond motifs is 1. The van der Waals surface area contributed by atoms with Crippen molar-refractivity contribution in [1.82, 2.24) is 14.3 Å². The van der Waals surface area contributed by atoms with Gasteiger partial charge in [0, 0.05) is 10.2 Å². The Morgan fingerprint density at radius 2 is 1.71 bits per heavy atom. The fraction of sp³-hybridized carbons (Fsp3) is 0.118. The van der Waals surface area contributed by atoms with Crippen LogP contribution >= 0.6 is 15.9 Å². The van der Waals surface area contributed by atoms with Gasteiger partial charge in [-0.15, -0.1) is 0 Å². The number of nitrogens with zero attached hydrogens (tertiary/aromatic N) is 4. The van der Waals surface area contributed by atoms with E-state index in [0.29, 0.717) is 12.4 Å². The first kappa shape index (κ1) is 14.9. The maximum atomic E-state index is 12.8. The van der Waals surface area contributed by atoms with Crippen LogP contribution in [0.4, 0.5) is 10.5 Å². The molecular weight excluding hydrogens is 372 g/mol. The molecule has 3 aromatic rings. The molecule has 2 heterocycles. The van der Waals surface area contributed by atoms with Crippen LogP contribution in [-0.4, -0.2) is 20.4 Å². The van der Waals surface area contributed by atoms with Gasteiger partial charge in [0.15, 0.2) is 5.82 Å². The zero-order valence-corrected chi connectivity index (χ0v) is 14.2. The van der Waals surface area contributed by atoms with E-state index >= 15 is 0 Å². The highest BCUT2D eigenvalue weighted by Crippen LogP contribution is 2.24. The molecule has 7 heteroatoms. The average Bonchev–Trinajstić information content (AvgIpc) is 3.06. The van der Waals surface area contributed by atoms with Gasteiger partial charge in [-0.05, 0) is 29.8 Å². The van der Waals surface area contributed by atoms with Crippen LogP contribution in [0.3, 0.4) is 0 Å². The molecule has 1 amide bonds. The van der Waals surface area contributed by atoms with Crippen molar-refractivity contribution in [3.05, 3.63) is 80.9 Å². The van der Waals surface area contributed by atoms with Crippen LogP contribution in [0, 0.1) is 0 Å². The van der Waals surface area contributed by atoms with Crippen LogP contribution < -0.4 is 10.6 Å². The number of hydrogen-bond donors (Lipinski definition) is 0. The molecule has 4 rings (SSSR count). The van der Waals surface area contributed by atoms with Crippen molar-refractivity contribution in [3.63, 3.8) is 0 Å². The van der Waals surface area contributed by atoms with Crippen LogP contribution in [0.1, 0.15) is 11.4 Å². The summed E-state index contributed by atoms with van der Waals surface area (Å²) in [5, 5.41) is 0. The van der Waals surface area contributed by atoms with E-state index in [9.17, 15) is 9.59 Å². The van der Waals surface area contributed by atoms with Gasteiger partial charge in [-0.1, -0.05) is 46.3 Å². The van der Waals surface area contributed by atoms with Crippen LogP contribution in [-0.2, 0) is 13.1 Å². The quantitative estimate of drug-likeness (QED) is 0.697. The minimum Gasteiger partial charge on any atom is -0.285 e. The second-order valence-corrected chi connectivity index (χ2v) is 6.43. The van der Waals surface area contributed by atoms with Gasteiger partial charge in [-0.25, -0.2) is 14.3 Å². The Bertz CT molecular complexity index is 961. The van der Waals surface area contributed by atoms with E-state index < -0.39 is 5.69 Å². The molecule has 0 radical (unpaired) electrons. The molecule has 24 heavy (non-hydrogen) atoms. The molecule has 0 fully saturated rings. The van der Waals surface area contributed by atoms with Gasteiger partial charge < -0.3 is 0 Å². The molecule has 1 aliphatic heterocycles. The van der Waals surface area contributed by atoms with Crippen molar-refractivity contribution in [2.75, 3.05) is 4.90 Å². The van der Waals surface area contributed by atoms with Gasteiger partial charge in [-0.3, -0.25) is 4.90 Å². The van der Waals surface area contributed by atoms with E-state index in [1.165, 1.54) is 9.36 Å². The van der Waals surface area contributed by atoms with Gasteiger partial charge in [0.25, 0.3) is 0 Å². The lowest BCUT2D eigenvalue weighted by atomic mass is 10.2. The highest BCUT2D eigenvalue weighted by Gasteiger charge is 2.33. The third-order valence-corrected chi connectivity index (χ3v) is 4.49. The lowest BCUT2D eigenvalue weighted by Crippen LogP contribution is -2.34. The number of hydrogen-bond acceptors (Lipinski definition) is 3. The monoisotopic (exact) mass is 384 g/mol. The SMILES string of the molecule is O=C1N(c2ccc(Br)cc2)Cc2nc(=O)n(Cc3ccccc3)n21. The van der Waals surface area contributed by atoms with Gasteiger partial charge in [0.05, 0.1) is 13.1 Å². The first-order chi connectivity index (χ1) is 11.6. The first-order valence-electron chi connectivity index (χ1n) is 7.43. The molecule has 0 atom stereocenters. The molecular formula is C17H13BrN4O2. The summed E-state index contributed by atoms with van der Waals surface area (Å²) in [5.74, 6) is 0.462. The molecule has 6 nitrogen and oxygen atoms in total. The molecule has 2 aromatic carbocycles. The van der Waals surface area contributed by atoms with Crippen LogP contribution in [0.2, 0.25) is 0 Å². The molecule has 1 aliphatic rings. The zero-order valence-electron chi connectivity index (χ0n) is 12.6. The molecule has 1 aromatic heterocycles. The number of anilines is 1. The molecule has 0 unspecified atom stereocenters. The summed E-state index contributed by atoms with van der Waals surface area (Å²) in [4.78, 5) is 30.6. The Balaban J connectivity index is 1.70. The van der Waals surface area contributed by atoms with E-state index in [0.717, 1.165) is 15.7 Å². The third kappa shape index (κ3) is 2.46. The van der Waals surface area contributed by atoms with Crippen molar-refractivity contribution in [2.24, 2.45) is 0 Å². The lowest BCUT2D eigenvalue weighted by Gasteiger charge is -2.15. The molecule has 0 aliphatic carbocycles. The molecule has 0 saturated heterocycles. The number of amides is 1. The van der Waals surface area contributed by atoms with Gasteiger partial charge in [0.2, 0.25) is 0 Å². The Morgan fingerprint density at radius 1 is 1.00 bits per heavy atom. The third-order valence-electron chi connectivity index (χ3n) is 3.96. The molecule has 0 bridgehead atoms. The zero-order chi connectivity index (χ0) is 16.7. The Hall–Kier alpha value is -2.67. The molecule has 0 saturated carbocycles. The number of carbonyl (C=O) groups is 1. The van der Waals surface area contributed by atoms with Crippen molar-refractivity contribution < 1.29 is 4.79 Å². The Labute approximate surface area is 146 Å². The standard InChI is InChI=1S/C17H13BrN4O2/c18-13-6-8-14(9-7-13)20-11-15-19-16(23)21(22(15)17(20)24)10-12-4-2-1-3-5-12/h1-9H,10-11H2. The number of benzene rings is 2. The Kier molecular flexibility index (Phi) is 3.57. The van der Waals surface area contributed by atoms with Gasteiger partial charge in [-0.2, -0.15) is 9.67 Å². The summed E-state index contributed by atoms with van der Waals surface area (Å²) in [5.41, 5.74) is 1.31. The number of halogens is 1.